The summed E-state index contributed by atoms with van der Waals surface area (Å²) >= 11 is 0. The number of aliphatic hydroxyl groups is 2. The second-order valence-corrected chi connectivity index (χ2v) is 3.29. The summed E-state index contributed by atoms with van der Waals surface area (Å²) in [6, 6.07) is 0. The molecule has 0 saturated carbocycles. The molecular weight excluding hydrogens is 128 g/mol. The first-order valence-electron chi connectivity index (χ1n) is 3.86. The molecule has 0 amide bonds. The molecule has 2 atom stereocenters. The molecule has 0 fully saturated rings. The van der Waals surface area contributed by atoms with Crippen molar-refractivity contribution in [2.45, 2.75) is 33.3 Å². The van der Waals surface area contributed by atoms with E-state index in [2.05, 4.69) is 20.8 Å². The van der Waals surface area contributed by atoms with E-state index in [1.54, 1.807) is 0 Å². The molecule has 0 aliphatic carbocycles. The van der Waals surface area contributed by atoms with Crippen LogP contribution in [0.3, 0.4) is 0 Å². The minimum Gasteiger partial charge on any atom is -0.394 e. The molecular formula is C8H18O2. The zero-order valence-corrected chi connectivity index (χ0v) is 7.04. The lowest BCUT2D eigenvalue weighted by atomic mass is 9.92. The molecule has 2 unspecified atom stereocenters. The molecule has 0 radical (unpaired) electrons. The third kappa shape index (κ3) is 3.85. The van der Waals surface area contributed by atoms with Crippen molar-refractivity contribution in [1.29, 1.82) is 0 Å². The van der Waals surface area contributed by atoms with Crippen LogP contribution in [-0.4, -0.2) is 22.9 Å². The van der Waals surface area contributed by atoms with E-state index in [0.29, 0.717) is 18.3 Å². The number of rotatable bonds is 4. The smallest absolute Gasteiger partial charge is 0.0773 e. The van der Waals surface area contributed by atoms with Crippen molar-refractivity contribution in [3.8, 4) is 0 Å². The highest BCUT2D eigenvalue weighted by Crippen LogP contribution is 2.15. The zero-order chi connectivity index (χ0) is 8.15. The van der Waals surface area contributed by atoms with Gasteiger partial charge in [0.05, 0.1) is 12.7 Å². The van der Waals surface area contributed by atoms with E-state index in [9.17, 15) is 0 Å². The largest absolute Gasteiger partial charge is 0.394 e. The van der Waals surface area contributed by atoms with Crippen molar-refractivity contribution >= 4 is 0 Å². The topological polar surface area (TPSA) is 40.5 Å². The monoisotopic (exact) mass is 146 g/mol. The lowest BCUT2D eigenvalue weighted by Gasteiger charge is -2.17. The Hall–Kier alpha value is -0.0800. The van der Waals surface area contributed by atoms with Gasteiger partial charge in [0.2, 0.25) is 0 Å². The Morgan fingerprint density at radius 2 is 1.70 bits per heavy atom. The fourth-order valence-electron chi connectivity index (χ4n) is 0.776. The maximum Gasteiger partial charge on any atom is 0.0773 e. The molecule has 2 N–H and O–H groups in total. The van der Waals surface area contributed by atoms with Gasteiger partial charge in [-0.25, -0.2) is 0 Å². The summed E-state index contributed by atoms with van der Waals surface area (Å²) in [4.78, 5) is 0. The molecule has 10 heavy (non-hydrogen) atoms. The maximum absolute atomic E-state index is 9.03. The lowest BCUT2D eigenvalue weighted by Crippen LogP contribution is -2.18. The first-order valence-corrected chi connectivity index (χ1v) is 3.86. The summed E-state index contributed by atoms with van der Waals surface area (Å²) in [5.74, 6) is 1.07. The van der Waals surface area contributed by atoms with Crippen LogP contribution in [0, 0.1) is 11.8 Å². The highest BCUT2D eigenvalue weighted by atomic mass is 16.3. The predicted octanol–water partition coefficient (Wildman–Crippen LogP) is 1.02. The molecule has 0 aliphatic heterocycles. The summed E-state index contributed by atoms with van der Waals surface area (Å²) in [7, 11) is 0. The van der Waals surface area contributed by atoms with E-state index in [1.807, 2.05) is 0 Å². The normalized spacial score (nSPS) is 17.4. The van der Waals surface area contributed by atoms with E-state index in [4.69, 9.17) is 10.2 Å². The maximum atomic E-state index is 9.03. The highest BCUT2D eigenvalue weighted by molar-refractivity contribution is 4.62. The van der Waals surface area contributed by atoms with E-state index in [-0.39, 0.29) is 6.61 Å². The van der Waals surface area contributed by atoms with E-state index in [1.165, 1.54) is 0 Å². The van der Waals surface area contributed by atoms with Crippen molar-refractivity contribution in [3.05, 3.63) is 0 Å². The third-order valence-electron chi connectivity index (χ3n) is 1.99. The average molecular weight is 146 g/mol. The Morgan fingerprint density at radius 3 is 2.00 bits per heavy atom. The van der Waals surface area contributed by atoms with Gasteiger partial charge in [0.1, 0.15) is 0 Å². The third-order valence-corrected chi connectivity index (χ3v) is 1.99. The fraction of sp³-hybridized carbons (Fsp3) is 1.00. The van der Waals surface area contributed by atoms with Gasteiger partial charge in [-0.3, -0.25) is 0 Å². The van der Waals surface area contributed by atoms with Gasteiger partial charge < -0.3 is 10.2 Å². The highest BCUT2D eigenvalue weighted by Gasteiger charge is 2.11. The van der Waals surface area contributed by atoms with Crippen molar-refractivity contribution < 1.29 is 10.2 Å². The van der Waals surface area contributed by atoms with Gasteiger partial charge in [-0.2, -0.15) is 0 Å². The van der Waals surface area contributed by atoms with Gasteiger partial charge >= 0.3 is 0 Å². The summed E-state index contributed by atoms with van der Waals surface area (Å²) < 4.78 is 0. The Labute approximate surface area is 62.9 Å². The SMILES string of the molecule is CC(C)C(C)CC(O)CO. The van der Waals surface area contributed by atoms with Gasteiger partial charge in [-0.1, -0.05) is 20.8 Å². The van der Waals surface area contributed by atoms with Crippen molar-refractivity contribution in [2.24, 2.45) is 11.8 Å². The van der Waals surface area contributed by atoms with Gasteiger partial charge in [-0.15, -0.1) is 0 Å². The van der Waals surface area contributed by atoms with Gasteiger partial charge in [0.25, 0.3) is 0 Å². The van der Waals surface area contributed by atoms with Crippen molar-refractivity contribution in [2.75, 3.05) is 6.61 Å². The fourth-order valence-corrected chi connectivity index (χ4v) is 0.776. The van der Waals surface area contributed by atoms with Crippen LogP contribution in [-0.2, 0) is 0 Å². The molecule has 0 aliphatic rings. The zero-order valence-electron chi connectivity index (χ0n) is 7.04. The van der Waals surface area contributed by atoms with Gasteiger partial charge in [0, 0.05) is 0 Å². The minimum atomic E-state index is -0.530. The van der Waals surface area contributed by atoms with Crippen LogP contribution in [0.5, 0.6) is 0 Å². The predicted molar refractivity (Wildman–Crippen MR) is 41.7 cm³/mol. The Kier molecular flexibility index (Phi) is 4.65. The Morgan fingerprint density at radius 1 is 1.20 bits per heavy atom. The molecule has 0 saturated heterocycles. The Balaban J connectivity index is 3.46. The van der Waals surface area contributed by atoms with Crippen LogP contribution in [0.4, 0.5) is 0 Å². The molecule has 0 bridgehead atoms. The quantitative estimate of drug-likeness (QED) is 0.621. The molecule has 0 aromatic heterocycles. The Bertz CT molecular complexity index is 81.3. The van der Waals surface area contributed by atoms with Crippen LogP contribution in [0.15, 0.2) is 0 Å². The average Bonchev–Trinajstić information content (AvgIpc) is 1.87. The number of aliphatic hydroxyl groups excluding tert-OH is 2. The van der Waals surface area contributed by atoms with Crippen LogP contribution >= 0.6 is 0 Å². The van der Waals surface area contributed by atoms with Crippen LogP contribution in [0.25, 0.3) is 0 Å². The molecule has 0 aromatic carbocycles. The van der Waals surface area contributed by atoms with Gasteiger partial charge in [0.15, 0.2) is 0 Å². The standard InChI is InChI=1S/C8H18O2/c1-6(2)7(3)4-8(10)5-9/h6-10H,4-5H2,1-3H3. The second kappa shape index (κ2) is 4.69. The van der Waals surface area contributed by atoms with Gasteiger partial charge in [-0.05, 0) is 18.3 Å². The lowest BCUT2D eigenvalue weighted by molar-refractivity contribution is 0.0700. The van der Waals surface area contributed by atoms with Crippen LogP contribution in [0.2, 0.25) is 0 Å². The second-order valence-electron chi connectivity index (χ2n) is 3.29. The van der Waals surface area contributed by atoms with Crippen LogP contribution < -0.4 is 0 Å². The molecule has 62 valence electrons. The molecule has 0 heterocycles. The summed E-state index contributed by atoms with van der Waals surface area (Å²) in [6.45, 7) is 6.21. The van der Waals surface area contributed by atoms with E-state index >= 15 is 0 Å². The van der Waals surface area contributed by atoms with Crippen molar-refractivity contribution in [1.82, 2.24) is 0 Å². The van der Waals surface area contributed by atoms with Crippen molar-refractivity contribution in [3.63, 3.8) is 0 Å². The first-order chi connectivity index (χ1) is 4.57. The number of hydrogen-bond donors (Lipinski definition) is 2. The molecule has 0 spiro atoms. The summed E-state index contributed by atoms with van der Waals surface area (Å²) in [5, 5.41) is 17.5. The molecule has 2 nitrogen and oxygen atoms in total. The molecule has 0 aromatic rings. The van der Waals surface area contributed by atoms with E-state index < -0.39 is 6.10 Å². The summed E-state index contributed by atoms with van der Waals surface area (Å²) in [6.07, 6.45) is 0.172. The minimum absolute atomic E-state index is 0.114. The summed E-state index contributed by atoms with van der Waals surface area (Å²) in [5.41, 5.74) is 0. The number of hydrogen-bond acceptors (Lipinski definition) is 2. The van der Waals surface area contributed by atoms with Crippen LogP contribution in [0.1, 0.15) is 27.2 Å². The first kappa shape index (κ1) is 9.92. The molecule has 0 rings (SSSR count). The molecule has 2 heteroatoms. The van der Waals surface area contributed by atoms with E-state index in [0.717, 1.165) is 0 Å².